The van der Waals surface area contributed by atoms with E-state index in [-0.39, 0.29) is 5.41 Å². The van der Waals surface area contributed by atoms with Crippen molar-refractivity contribution in [2.24, 2.45) is 0 Å². The summed E-state index contributed by atoms with van der Waals surface area (Å²) < 4.78 is 0. The van der Waals surface area contributed by atoms with Gasteiger partial charge in [0.05, 0.1) is 5.41 Å². The molecule has 66 heavy (non-hydrogen) atoms. The Bertz CT molecular complexity index is 3460. The van der Waals surface area contributed by atoms with Gasteiger partial charge in [-0.15, -0.1) is 0 Å². The van der Waals surface area contributed by atoms with E-state index in [0.29, 0.717) is 0 Å². The third-order valence-electron chi connectivity index (χ3n) is 14.6. The molecule has 3 aliphatic carbocycles. The van der Waals surface area contributed by atoms with E-state index in [0.717, 1.165) is 34.1 Å². The van der Waals surface area contributed by atoms with E-state index < -0.39 is 5.41 Å². The van der Waals surface area contributed by atoms with Gasteiger partial charge in [-0.3, -0.25) is 0 Å². The molecular formula is C64H46N2. The number of benzene rings is 10. The molecule has 0 radical (unpaired) electrons. The Morgan fingerprint density at radius 2 is 0.591 bits per heavy atom. The van der Waals surface area contributed by atoms with Crippen molar-refractivity contribution in [3.63, 3.8) is 0 Å². The van der Waals surface area contributed by atoms with Crippen LogP contribution >= 0.6 is 0 Å². The standard InChI is InChI=1S/C64H46N2/c1-63(2)57-29-17-15-27-51(57)53-36-32-48(40-59(53)63)66(47-25-13-6-14-26-47)50-34-37-55-52-28-16-18-30-58(52)64(61(55)42-50)60-39-44(43-19-7-3-8-20-43)31-35-54(60)56-38-33-49(41-62(56)64)65(45-21-9-4-10-22-45)46-23-11-5-12-24-46/h3-42H,1-2H3. The van der Waals surface area contributed by atoms with Crippen LogP contribution in [0.2, 0.25) is 0 Å². The largest absolute Gasteiger partial charge is 0.310 e. The number of nitrogens with zero attached hydrogens (tertiary/aromatic N) is 2. The van der Waals surface area contributed by atoms with Crippen molar-refractivity contribution in [1.82, 2.24) is 0 Å². The molecule has 1 spiro atoms. The quantitative estimate of drug-likeness (QED) is 0.158. The van der Waals surface area contributed by atoms with E-state index in [1.165, 1.54) is 77.9 Å². The van der Waals surface area contributed by atoms with Gasteiger partial charge in [0.25, 0.3) is 0 Å². The van der Waals surface area contributed by atoms with Gasteiger partial charge in [0.2, 0.25) is 0 Å². The van der Waals surface area contributed by atoms with Crippen LogP contribution in [0.5, 0.6) is 0 Å². The molecule has 10 aromatic rings. The van der Waals surface area contributed by atoms with Crippen LogP contribution in [-0.2, 0) is 10.8 Å². The normalized spacial score (nSPS) is 15.3. The molecule has 0 bridgehead atoms. The van der Waals surface area contributed by atoms with Gasteiger partial charge in [0, 0.05) is 39.5 Å². The van der Waals surface area contributed by atoms with Gasteiger partial charge in [-0.05, 0) is 157 Å². The van der Waals surface area contributed by atoms with Gasteiger partial charge in [-0.25, -0.2) is 0 Å². The first kappa shape index (κ1) is 38.3. The third kappa shape index (κ3) is 5.55. The van der Waals surface area contributed by atoms with Crippen LogP contribution in [0.3, 0.4) is 0 Å². The Morgan fingerprint density at radius 1 is 0.242 bits per heavy atom. The maximum Gasteiger partial charge on any atom is 0.0727 e. The van der Waals surface area contributed by atoms with E-state index in [4.69, 9.17) is 0 Å². The molecule has 0 aliphatic heterocycles. The summed E-state index contributed by atoms with van der Waals surface area (Å²) in [4.78, 5) is 4.87. The number of hydrogen-bond donors (Lipinski definition) is 0. The first-order valence-corrected chi connectivity index (χ1v) is 23.1. The second-order valence-corrected chi connectivity index (χ2v) is 18.5. The summed E-state index contributed by atoms with van der Waals surface area (Å²) >= 11 is 0. The zero-order valence-corrected chi connectivity index (χ0v) is 37.0. The van der Waals surface area contributed by atoms with Gasteiger partial charge < -0.3 is 9.80 Å². The molecule has 2 nitrogen and oxygen atoms in total. The number of fused-ring (bicyclic) bond motifs is 13. The maximum absolute atomic E-state index is 2.52. The van der Waals surface area contributed by atoms with Crippen molar-refractivity contribution in [1.29, 1.82) is 0 Å². The average molecular weight is 843 g/mol. The average Bonchev–Trinajstić information content (AvgIpc) is 3.93. The predicted molar refractivity (Wildman–Crippen MR) is 275 cm³/mol. The Balaban J connectivity index is 1.08. The molecule has 0 N–H and O–H groups in total. The topological polar surface area (TPSA) is 6.48 Å². The van der Waals surface area contributed by atoms with E-state index in [1.54, 1.807) is 0 Å². The lowest BCUT2D eigenvalue weighted by molar-refractivity contribution is 0.660. The van der Waals surface area contributed by atoms with Crippen LogP contribution in [-0.4, -0.2) is 0 Å². The minimum atomic E-state index is -0.615. The molecule has 0 amide bonds. The van der Waals surface area contributed by atoms with Gasteiger partial charge in [-0.1, -0.05) is 178 Å². The summed E-state index contributed by atoms with van der Waals surface area (Å²) in [5, 5.41) is 0. The Kier molecular flexibility index (Phi) is 8.51. The molecule has 0 aromatic heterocycles. The predicted octanol–water partition coefficient (Wildman–Crippen LogP) is 16.9. The maximum atomic E-state index is 2.52. The number of hydrogen-bond acceptors (Lipinski definition) is 2. The van der Waals surface area contributed by atoms with Crippen molar-refractivity contribution in [2.45, 2.75) is 24.7 Å². The highest BCUT2D eigenvalue weighted by Gasteiger charge is 2.52. The van der Waals surface area contributed by atoms with Gasteiger partial charge >= 0.3 is 0 Å². The van der Waals surface area contributed by atoms with Crippen LogP contribution in [0, 0.1) is 0 Å². The zero-order valence-electron chi connectivity index (χ0n) is 37.0. The zero-order chi connectivity index (χ0) is 44.0. The summed E-state index contributed by atoms with van der Waals surface area (Å²) in [6.07, 6.45) is 0. The van der Waals surface area contributed by atoms with Crippen LogP contribution in [0.15, 0.2) is 243 Å². The van der Waals surface area contributed by atoms with E-state index in [1.807, 2.05) is 0 Å². The fourth-order valence-corrected chi connectivity index (χ4v) is 11.7. The molecule has 0 saturated carbocycles. The molecule has 3 aliphatic rings. The lowest BCUT2D eigenvalue weighted by atomic mass is 9.70. The monoisotopic (exact) mass is 842 g/mol. The molecule has 0 saturated heterocycles. The highest BCUT2D eigenvalue weighted by Crippen LogP contribution is 2.64. The fourth-order valence-electron chi connectivity index (χ4n) is 11.7. The number of rotatable bonds is 7. The second kappa shape index (κ2) is 14.7. The van der Waals surface area contributed by atoms with Crippen molar-refractivity contribution < 1.29 is 0 Å². The SMILES string of the molecule is CC1(C)c2ccccc2-c2ccc(N(c3ccccc3)c3ccc4c(c3)C3(c5ccccc5-4)c4cc(-c5ccccc5)ccc4-c4ccc(N(c5ccccc5)c5ccccc5)cc43)cc21. The van der Waals surface area contributed by atoms with E-state index in [2.05, 4.69) is 266 Å². The van der Waals surface area contributed by atoms with Crippen molar-refractivity contribution >= 4 is 34.1 Å². The Morgan fingerprint density at radius 3 is 1.11 bits per heavy atom. The molecule has 13 rings (SSSR count). The molecule has 312 valence electrons. The van der Waals surface area contributed by atoms with Crippen LogP contribution < -0.4 is 9.80 Å². The Labute approximate surface area is 387 Å². The molecule has 0 fully saturated rings. The van der Waals surface area contributed by atoms with Gasteiger partial charge in [0.1, 0.15) is 0 Å². The lowest BCUT2D eigenvalue weighted by Gasteiger charge is -2.33. The fraction of sp³-hybridized carbons (Fsp3) is 0.0625. The summed E-state index contributed by atoms with van der Waals surface area (Å²) in [6, 6.07) is 90.1. The lowest BCUT2D eigenvalue weighted by Crippen LogP contribution is -2.26. The third-order valence-corrected chi connectivity index (χ3v) is 14.6. The molecule has 0 heterocycles. The number of anilines is 6. The van der Waals surface area contributed by atoms with Crippen LogP contribution in [0.4, 0.5) is 34.1 Å². The second-order valence-electron chi connectivity index (χ2n) is 18.5. The Hall–Kier alpha value is -8.20. The highest BCUT2D eigenvalue weighted by molar-refractivity contribution is 5.98. The summed E-state index contributed by atoms with van der Waals surface area (Å²) in [6.45, 7) is 4.74. The molecule has 10 aromatic carbocycles. The van der Waals surface area contributed by atoms with E-state index >= 15 is 0 Å². The van der Waals surface area contributed by atoms with E-state index in [9.17, 15) is 0 Å². The highest BCUT2D eigenvalue weighted by atomic mass is 15.1. The first-order valence-electron chi connectivity index (χ1n) is 23.1. The smallest absolute Gasteiger partial charge is 0.0727 e. The summed E-state index contributed by atoms with van der Waals surface area (Å²) in [5.41, 5.74) is 24.1. The molecule has 2 heteroatoms. The minimum Gasteiger partial charge on any atom is -0.310 e. The summed E-state index contributed by atoms with van der Waals surface area (Å²) in [5.74, 6) is 0. The first-order chi connectivity index (χ1) is 32.5. The molecule has 1 atom stereocenters. The molecular weight excluding hydrogens is 797 g/mol. The van der Waals surface area contributed by atoms with Crippen LogP contribution in [0.25, 0.3) is 44.5 Å². The number of para-hydroxylation sites is 3. The van der Waals surface area contributed by atoms with Gasteiger partial charge in [-0.2, -0.15) is 0 Å². The van der Waals surface area contributed by atoms with Crippen molar-refractivity contribution in [3.8, 4) is 44.5 Å². The molecule has 1 unspecified atom stereocenters. The minimum absolute atomic E-state index is 0.132. The van der Waals surface area contributed by atoms with Crippen molar-refractivity contribution in [3.05, 3.63) is 276 Å². The van der Waals surface area contributed by atoms with Crippen LogP contribution in [0.1, 0.15) is 47.2 Å². The summed E-state index contributed by atoms with van der Waals surface area (Å²) in [7, 11) is 0. The van der Waals surface area contributed by atoms with Gasteiger partial charge in [0.15, 0.2) is 0 Å². The van der Waals surface area contributed by atoms with Crippen molar-refractivity contribution in [2.75, 3.05) is 9.80 Å².